The first kappa shape index (κ1) is 15.2. The number of aromatic nitrogens is 4. The van der Waals surface area contributed by atoms with E-state index in [4.69, 9.17) is 0 Å². The number of nitrogens with zero attached hydrogens (tertiary/aromatic N) is 3. The number of H-pyrrole nitrogens is 1. The fourth-order valence-electron chi connectivity index (χ4n) is 2.99. The summed E-state index contributed by atoms with van der Waals surface area (Å²) in [6.07, 6.45) is 0. The molecule has 0 aliphatic carbocycles. The number of benzene rings is 2. The maximum Gasteiger partial charge on any atom is 0.329 e. The average Bonchev–Trinajstić information content (AvgIpc) is 3.15. The molecule has 0 radical (unpaired) electrons. The lowest BCUT2D eigenvalue weighted by molar-refractivity contribution is -0.121. The molecule has 2 N–H and O–H groups in total. The van der Waals surface area contributed by atoms with Crippen LogP contribution in [0.4, 0.5) is 0 Å². The summed E-state index contributed by atoms with van der Waals surface area (Å²) in [5.74, 6) is 0.443. The molecule has 4 rings (SSSR count). The van der Waals surface area contributed by atoms with Gasteiger partial charge in [0.2, 0.25) is 5.91 Å². The average molecular weight is 335 g/mol. The van der Waals surface area contributed by atoms with Gasteiger partial charge in [-0.1, -0.05) is 24.3 Å². The zero-order valence-corrected chi connectivity index (χ0v) is 13.7. The van der Waals surface area contributed by atoms with Gasteiger partial charge >= 0.3 is 5.69 Å². The number of nitrogens with one attached hydrogen (secondary N) is 2. The molecule has 0 fully saturated rings. The van der Waals surface area contributed by atoms with Gasteiger partial charge in [0.05, 0.1) is 28.6 Å². The van der Waals surface area contributed by atoms with E-state index < -0.39 is 0 Å². The zero-order chi connectivity index (χ0) is 17.4. The molecule has 0 spiro atoms. The van der Waals surface area contributed by atoms with Gasteiger partial charge in [0.1, 0.15) is 12.4 Å². The molecule has 2 aromatic heterocycles. The van der Waals surface area contributed by atoms with E-state index in [0.29, 0.717) is 5.82 Å². The normalized spacial score (nSPS) is 11.2. The highest BCUT2D eigenvalue weighted by molar-refractivity contribution is 5.81. The van der Waals surface area contributed by atoms with E-state index in [1.165, 1.54) is 4.57 Å². The van der Waals surface area contributed by atoms with Crippen LogP contribution in [0.15, 0.2) is 53.3 Å². The maximum atomic E-state index is 12.3. The zero-order valence-electron chi connectivity index (χ0n) is 13.7. The minimum Gasteiger partial charge on any atom is -0.347 e. The van der Waals surface area contributed by atoms with Crippen molar-refractivity contribution in [2.24, 2.45) is 7.05 Å². The Bertz CT molecular complexity index is 1100. The largest absolute Gasteiger partial charge is 0.347 e. The number of hydrogen-bond acceptors (Lipinski definition) is 3. The van der Waals surface area contributed by atoms with Crippen LogP contribution < -0.4 is 11.0 Å². The predicted molar refractivity (Wildman–Crippen MR) is 95.1 cm³/mol. The molecule has 0 unspecified atom stereocenters. The van der Waals surface area contributed by atoms with Crippen LogP contribution in [0.25, 0.3) is 22.1 Å². The van der Waals surface area contributed by atoms with E-state index in [-0.39, 0.29) is 24.7 Å². The van der Waals surface area contributed by atoms with Crippen LogP contribution in [0.5, 0.6) is 0 Å². The van der Waals surface area contributed by atoms with Gasteiger partial charge in [0.25, 0.3) is 0 Å². The summed E-state index contributed by atoms with van der Waals surface area (Å²) in [7, 11) is 1.70. The van der Waals surface area contributed by atoms with Gasteiger partial charge < -0.3 is 10.3 Å². The summed E-state index contributed by atoms with van der Waals surface area (Å²) in [6, 6.07) is 15.1. The van der Waals surface area contributed by atoms with Crippen LogP contribution in [0.3, 0.4) is 0 Å². The number of carbonyl (C=O) groups is 1. The third kappa shape index (κ3) is 2.69. The Balaban J connectivity index is 1.51. The second-order valence-electron chi connectivity index (χ2n) is 5.89. The van der Waals surface area contributed by atoms with Crippen molar-refractivity contribution in [3.05, 3.63) is 64.8 Å². The SMILES string of the molecule is Cn1c(=O)n(CC(=O)NCc2nc3ccccc3[nH]2)c2ccccc21. The van der Waals surface area contributed by atoms with Crippen LogP contribution in [0.2, 0.25) is 0 Å². The van der Waals surface area contributed by atoms with Crippen LogP contribution in [0.1, 0.15) is 5.82 Å². The van der Waals surface area contributed by atoms with Crippen molar-refractivity contribution in [1.82, 2.24) is 24.4 Å². The Morgan fingerprint density at radius 3 is 2.64 bits per heavy atom. The number of rotatable bonds is 4. The highest BCUT2D eigenvalue weighted by atomic mass is 16.2. The lowest BCUT2D eigenvalue weighted by atomic mass is 10.3. The summed E-state index contributed by atoms with van der Waals surface area (Å²) in [5, 5.41) is 2.81. The monoisotopic (exact) mass is 335 g/mol. The van der Waals surface area contributed by atoms with Gasteiger partial charge in [-0.25, -0.2) is 9.78 Å². The molecule has 126 valence electrons. The summed E-state index contributed by atoms with van der Waals surface area (Å²) in [5.41, 5.74) is 3.13. The Morgan fingerprint density at radius 1 is 1.12 bits per heavy atom. The van der Waals surface area contributed by atoms with Gasteiger partial charge in [-0.05, 0) is 24.3 Å². The molecular formula is C18H17N5O2. The maximum absolute atomic E-state index is 12.3. The van der Waals surface area contributed by atoms with Gasteiger partial charge in [-0.15, -0.1) is 0 Å². The Hall–Kier alpha value is -3.35. The highest BCUT2D eigenvalue weighted by Gasteiger charge is 2.13. The van der Waals surface area contributed by atoms with Crippen LogP contribution >= 0.6 is 0 Å². The van der Waals surface area contributed by atoms with Gasteiger partial charge in [-0.3, -0.25) is 13.9 Å². The third-order valence-corrected chi connectivity index (χ3v) is 4.24. The van der Waals surface area contributed by atoms with Gasteiger partial charge in [0, 0.05) is 7.05 Å². The second kappa shape index (κ2) is 5.94. The van der Waals surface area contributed by atoms with Crippen molar-refractivity contribution in [1.29, 1.82) is 0 Å². The Kier molecular flexibility index (Phi) is 3.61. The first-order valence-electron chi connectivity index (χ1n) is 7.98. The van der Waals surface area contributed by atoms with Crippen molar-refractivity contribution < 1.29 is 4.79 Å². The number of aryl methyl sites for hydroxylation is 1. The van der Waals surface area contributed by atoms with Crippen molar-refractivity contribution in [2.75, 3.05) is 0 Å². The quantitative estimate of drug-likeness (QED) is 0.593. The van der Waals surface area contributed by atoms with Crippen LogP contribution in [-0.2, 0) is 24.9 Å². The first-order chi connectivity index (χ1) is 12.1. The topological polar surface area (TPSA) is 84.7 Å². The predicted octanol–water partition coefficient (Wildman–Crippen LogP) is 1.53. The molecule has 0 saturated heterocycles. The Morgan fingerprint density at radius 2 is 1.84 bits per heavy atom. The van der Waals surface area contributed by atoms with Gasteiger partial charge in [-0.2, -0.15) is 0 Å². The first-order valence-corrected chi connectivity index (χ1v) is 7.98. The van der Waals surface area contributed by atoms with Crippen LogP contribution in [-0.4, -0.2) is 25.0 Å². The summed E-state index contributed by atoms with van der Waals surface area (Å²) in [4.78, 5) is 32.2. The highest BCUT2D eigenvalue weighted by Crippen LogP contribution is 2.12. The lowest BCUT2D eigenvalue weighted by Gasteiger charge is -2.04. The molecule has 0 bridgehead atoms. The number of hydrogen-bond donors (Lipinski definition) is 2. The number of amides is 1. The smallest absolute Gasteiger partial charge is 0.329 e. The van der Waals surface area contributed by atoms with Crippen molar-refractivity contribution >= 4 is 28.0 Å². The summed E-state index contributed by atoms with van der Waals surface area (Å²) in [6.45, 7) is 0.257. The number of imidazole rings is 2. The number of para-hydroxylation sites is 4. The van der Waals surface area contributed by atoms with E-state index in [9.17, 15) is 9.59 Å². The molecule has 2 heterocycles. The van der Waals surface area contributed by atoms with Gasteiger partial charge in [0.15, 0.2) is 0 Å². The number of fused-ring (bicyclic) bond motifs is 2. The standard InChI is InChI=1S/C18H17N5O2/c1-22-14-8-4-5-9-15(14)23(18(22)25)11-17(24)19-10-16-20-12-6-2-3-7-13(12)21-16/h2-9H,10-11H2,1H3,(H,19,24)(H,20,21). The van der Waals surface area contributed by atoms with Crippen molar-refractivity contribution in [2.45, 2.75) is 13.1 Å². The molecule has 0 atom stereocenters. The molecule has 4 aromatic rings. The summed E-state index contributed by atoms with van der Waals surface area (Å²) < 4.78 is 3.02. The molecule has 0 aliphatic heterocycles. The van der Waals surface area contributed by atoms with E-state index in [2.05, 4.69) is 15.3 Å². The Labute approximate surface area is 142 Å². The van der Waals surface area contributed by atoms with Crippen molar-refractivity contribution in [3.63, 3.8) is 0 Å². The second-order valence-corrected chi connectivity index (χ2v) is 5.89. The minimum absolute atomic E-state index is 0.0274. The number of carbonyl (C=O) groups excluding carboxylic acids is 1. The molecular weight excluding hydrogens is 318 g/mol. The van der Waals surface area contributed by atoms with Crippen molar-refractivity contribution in [3.8, 4) is 0 Å². The fourth-order valence-corrected chi connectivity index (χ4v) is 2.99. The fraction of sp³-hybridized carbons (Fsp3) is 0.167. The minimum atomic E-state index is -0.237. The molecule has 0 saturated carbocycles. The molecule has 1 amide bonds. The molecule has 7 nitrogen and oxygen atoms in total. The third-order valence-electron chi connectivity index (χ3n) is 4.24. The van der Waals surface area contributed by atoms with Crippen LogP contribution in [0, 0.1) is 0 Å². The van der Waals surface area contributed by atoms with E-state index >= 15 is 0 Å². The van der Waals surface area contributed by atoms with E-state index in [1.807, 2.05) is 48.5 Å². The molecule has 7 heteroatoms. The number of aromatic amines is 1. The molecule has 25 heavy (non-hydrogen) atoms. The summed E-state index contributed by atoms with van der Waals surface area (Å²) >= 11 is 0. The van der Waals surface area contributed by atoms with E-state index in [0.717, 1.165) is 22.1 Å². The molecule has 2 aromatic carbocycles. The lowest BCUT2D eigenvalue weighted by Crippen LogP contribution is -2.32. The molecule has 0 aliphatic rings. The van der Waals surface area contributed by atoms with E-state index in [1.54, 1.807) is 11.6 Å².